The molecule has 0 unspecified atom stereocenters. The Morgan fingerprint density at radius 1 is 0.950 bits per heavy atom. The lowest BCUT2D eigenvalue weighted by Crippen LogP contribution is -2.34. The topological polar surface area (TPSA) is 41.7 Å². The second-order valence-electron chi connectivity index (χ2n) is 5.34. The maximum Gasteiger partial charge on any atom is 0.119 e. The molecule has 1 aliphatic rings. The van der Waals surface area contributed by atoms with E-state index >= 15 is 0 Å². The van der Waals surface area contributed by atoms with E-state index in [9.17, 15) is 0 Å². The van der Waals surface area contributed by atoms with Crippen molar-refractivity contribution in [2.45, 2.75) is 12.8 Å². The number of rotatable bonds is 7. The second-order valence-corrected chi connectivity index (χ2v) is 5.34. The molecule has 2 rings (SSSR count). The monoisotopic (exact) mass is 277 g/mol. The molecule has 1 saturated heterocycles. The van der Waals surface area contributed by atoms with E-state index in [1.54, 1.807) is 0 Å². The van der Waals surface area contributed by atoms with Gasteiger partial charge in [-0.2, -0.15) is 0 Å². The molecule has 0 spiro atoms. The highest BCUT2D eigenvalue weighted by Gasteiger charge is 2.13. The Morgan fingerprint density at radius 2 is 1.65 bits per heavy atom. The third-order valence-corrected chi connectivity index (χ3v) is 3.78. The number of nitrogens with two attached hydrogens (primary N) is 1. The molecule has 1 aromatic carbocycles. The maximum absolute atomic E-state index is 5.77. The van der Waals surface area contributed by atoms with Gasteiger partial charge in [0.25, 0.3) is 0 Å². The Morgan fingerprint density at radius 3 is 2.35 bits per heavy atom. The molecule has 4 heteroatoms. The first-order valence-corrected chi connectivity index (χ1v) is 7.71. The van der Waals surface area contributed by atoms with Crippen LogP contribution in [-0.4, -0.2) is 62.2 Å². The minimum atomic E-state index is 0.771. The third kappa shape index (κ3) is 5.49. The molecule has 1 fully saturated rings. The van der Waals surface area contributed by atoms with Crippen molar-refractivity contribution in [2.75, 3.05) is 52.4 Å². The van der Waals surface area contributed by atoms with Crippen LogP contribution in [-0.2, 0) is 0 Å². The summed E-state index contributed by atoms with van der Waals surface area (Å²) in [6.07, 6.45) is 2.35. The summed E-state index contributed by atoms with van der Waals surface area (Å²) in [6.45, 7) is 8.41. The molecule has 1 aromatic rings. The Hall–Kier alpha value is -1.10. The van der Waals surface area contributed by atoms with E-state index in [4.69, 9.17) is 10.5 Å². The zero-order valence-corrected chi connectivity index (χ0v) is 12.3. The van der Waals surface area contributed by atoms with Gasteiger partial charge in [0.1, 0.15) is 12.4 Å². The van der Waals surface area contributed by atoms with Crippen LogP contribution in [0.4, 0.5) is 0 Å². The van der Waals surface area contributed by atoms with E-state index < -0.39 is 0 Å². The highest BCUT2D eigenvalue weighted by molar-refractivity contribution is 5.20. The fraction of sp³-hybridized carbons (Fsp3) is 0.625. The van der Waals surface area contributed by atoms with Gasteiger partial charge in [-0.15, -0.1) is 0 Å². The van der Waals surface area contributed by atoms with Crippen LogP contribution in [0.1, 0.15) is 12.8 Å². The van der Waals surface area contributed by atoms with Crippen molar-refractivity contribution in [2.24, 2.45) is 5.73 Å². The molecule has 2 N–H and O–H groups in total. The Labute approximate surface area is 122 Å². The molecular weight excluding hydrogens is 250 g/mol. The van der Waals surface area contributed by atoms with Gasteiger partial charge in [0.05, 0.1) is 0 Å². The van der Waals surface area contributed by atoms with Crippen LogP contribution in [0.5, 0.6) is 5.75 Å². The molecule has 0 atom stereocenters. The van der Waals surface area contributed by atoms with Crippen LogP contribution < -0.4 is 10.5 Å². The first-order chi connectivity index (χ1) is 9.88. The predicted molar refractivity (Wildman–Crippen MR) is 83.1 cm³/mol. The fourth-order valence-electron chi connectivity index (χ4n) is 2.60. The molecule has 0 aliphatic carbocycles. The molecule has 4 nitrogen and oxygen atoms in total. The summed E-state index contributed by atoms with van der Waals surface area (Å²) in [7, 11) is 0. The molecule has 112 valence electrons. The maximum atomic E-state index is 5.77. The summed E-state index contributed by atoms with van der Waals surface area (Å²) >= 11 is 0. The summed E-state index contributed by atoms with van der Waals surface area (Å²) in [5.74, 6) is 0.965. The van der Waals surface area contributed by atoms with E-state index in [0.29, 0.717) is 0 Å². The Balaban J connectivity index is 1.64. The van der Waals surface area contributed by atoms with Crippen LogP contribution >= 0.6 is 0 Å². The molecule has 0 saturated carbocycles. The van der Waals surface area contributed by atoms with Crippen LogP contribution in [0.25, 0.3) is 0 Å². The van der Waals surface area contributed by atoms with Crippen molar-refractivity contribution < 1.29 is 4.74 Å². The molecule has 1 heterocycles. The molecule has 0 amide bonds. The summed E-state index contributed by atoms with van der Waals surface area (Å²) in [5, 5.41) is 0. The average Bonchev–Trinajstić information content (AvgIpc) is 2.72. The smallest absolute Gasteiger partial charge is 0.119 e. The summed E-state index contributed by atoms with van der Waals surface area (Å²) in [5.41, 5.74) is 5.58. The average molecular weight is 277 g/mol. The molecular formula is C16H27N3O. The zero-order chi connectivity index (χ0) is 14.0. The van der Waals surface area contributed by atoms with Crippen molar-refractivity contribution in [1.82, 2.24) is 9.80 Å². The lowest BCUT2D eigenvalue weighted by molar-refractivity contribution is 0.208. The normalized spacial score (nSPS) is 17.9. The molecule has 0 radical (unpaired) electrons. The predicted octanol–water partition coefficient (Wildman–Crippen LogP) is 1.42. The van der Waals surface area contributed by atoms with Gasteiger partial charge in [0, 0.05) is 19.6 Å². The lowest BCUT2D eigenvalue weighted by atomic mass is 10.3. The van der Waals surface area contributed by atoms with Crippen LogP contribution in [0.2, 0.25) is 0 Å². The summed E-state index contributed by atoms with van der Waals surface area (Å²) < 4.78 is 5.77. The first-order valence-electron chi connectivity index (χ1n) is 7.71. The van der Waals surface area contributed by atoms with Gasteiger partial charge in [-0.25, -0.2) is 0 Å². The molecule has 1 aliphatic heterocycles. The highest BCUT2D eigenvalue weighted by Crippen LogP contribution is 2.09. The molecule has 0 bridgehead atoms. The van der Waals surface area contributed by atoms with E-state index in [0.717, 1.165) is 51.5 Å². The number of nitrogens with zero attached hydrogens (tertiary/aromatic N) is 2. The van der Waals surface area contributed by atoms with Gasteiger partial charge < -0.3 is 15.4 Å². The van der Waals surface area contributed by atoms with Gasteiger partial charge in [-0.3, -0.25) is 4.90 Å². The largest absolute Gasteiger partial charge is 0.492 e. The van der Waals surface area contributed by atoms with Crippen molar-refractivity contribution in [3.05, 3.63) is 30.3 Å². The minimum absolute atomic E-state index is 0.771. The van der Waals surface area contributed by atoms with E-state index in [-0.39, 0.29) is 0 Å². The van der Waals surface area contributed by atoms with Gasteiger partial charge in [0.2, 0.25) is 0 Å². The highest BCUT2D eigenvalue weighted by atomic mass is 16.5. The Bertz CT molecular complexity index is 358. The quantitative estimate of drug-likeness (QED) is 0.818. The van der Waals surface area contributed by atoms with E-state index in [1.165, 1.54) is 19.5 Å². The van der Waals surface area contributed by atoms with Crippen molar-refractivity contribution in [1.29, 1.82) is 0 Å². The number of benzene rings is 1. The van der Waals surface area contributed by atoms with Crippen molar-refractivity contribution in [3.8, 4) is 5.75 Å². The lowest BCUT2D eigenvalue weighted by Gasteiger charge is -2.21. The Kier molecular flexibility index (Phi) is 6.84. The zero-order valence-electron chi connectivity index (χ0n) is 12.3. The molecule has 20 heavy (non-hydrogen) atoms. The van der Waals surface area contributed by atoms with E-state index in [1.807, 2.05) is 30.3 Å². The van der Waals surface area contributed by atoms with Crippen LogP contribution in [0.15, 0.2) is 30.3 Å². The van der Waals surface area contributed by atoms with Crippen molar-refractivity contribution in [3.63, 3.8) is 0 Å². The van der Waals surface area contributed by atoms with Gasteiger partial charge in [-0.05, 0) is 51.2 Å². The SMILES string of the molecule is NCCCN1CCCN(CCOc2ccccc2)CC1. The number of hydrogen-bond donors (Lipinski definition) is 1. The van der Waals surface area contributed by atoms with Crippen LogP contribution in [0.3, 0.4) is 0 Å². The van der Waals surface area contributed by atoms with E-state index in [2.05, 4.69) is 9.80 Å². The number of para-hydroxylation sites is 1. The van der Waals surface area contributed by atoms with Crippen LogP contribution in [0, 0.1) is 0 Å². The molecule has 0 aromatic heterocycles. The van der Waals surface area contributed by atoms with Gasteiger partial charge in [0.15, 0.2) is 0 Å². The third-order valence-electron chi connectivity index (χ3n) is 3.78. The minimum Gasteiger partial charge on any atom is -0.492 e. The standard InChI is InChI=1S/C16H27N3O/c17-8-4-9-18-10-5-11-19(13-12-18)14-15-20-16-6-2-1-3-7-16/h1-3,6-7H,4-5,8-15,17H2. The van der Waals surface area contributed by atoms with Gasteiger partial charge in [-0.1, -0.05) is 18.2 Å². The number of hydrogen-bond acceptors (Lipinski definition) is 4. The second kappa shape index (κ2) is 8.95. The van der Waals surface area contributed by atoms with Gasteiger partial charge >= 0.3 is 0 Å². The first kappa shape index (κ1) is 15.3. The summed E-state index contributed by atoms with van der Waals surface area (Å²) in [6, 6.07) is 10.1. The number of ether oxygens (including phenoxy) is 1. The summed E-state index contributed by atoms with van der Waals surface area (Å²) in [4.78, 5) is 5.04. The van der Waals surface area contributed by atoms with Crippen molar-refractivity contribution >= 4 is 0 Å². The fourth-order valence-corrected chi connectivity index (χ4v) is 2.60.